The topological polar surface area (TPSA) is 68.2 Å². The van der Waals surface area contributed by atoms with Gasteiger partial charge in [0.1, 0.15) is 24.4 Å². The lowest BCUT2D eigenvalue weighted by molar-refractivity contribution is -0.320. The zero-order valence-corrected chi connectivity index (χ0v) is 7.92. The first kappa shape index (κ1) is 9.06. The minimum atomic E-state index is -0.789. The van der Waals surface area contributed by atoms with Crippen molar-refractivity contribution in [3.8, 4) is 0 Å². The van der Waals surface area contributed by atoms with E-state index in [9.17, 15) is 10.2 Å². The van der Waals surface area contributed by atoms with Gasteiger partial charge in [-0.2, -0.15) is 0 Å². The maximum Gasteiger partial charge on any atom is 0.168 e. The van der Waals surface area contributed by atoms with E-state index in [2.05, 4.69) is 0 Å². The Hall–Kier alpha value is -0.200. The van der Waals surface area contributed by atoms with Crippen LogP contribution >= 0.6 is 0 Å². The highest BCUT2D eigenvalue weighted by Gasteiger charge is 2.57. The van der Waals surface area contributed by atoms with Crippen molar-refractivity contribution in [3.05, 3.63) is 0 Å². The van der Waals surface area contributed by atoms with Crippen LogP contribution in [0, 0.1) is 0 Å². The van der Waals surface area contributed by atoms with Crippen molar-refractivity contribution in [2.45, 2.75) is 49.7 Å². The highest BCUT2D eigenvalue weighted by Crippen LogP contribution is 2.41. The van der Waals surface area contributed by atoms with Gasteiger partial charge in [-0.3, -0.25) is 0 Å². The first-order valence-electron chi connectivity index (χ1n) is 4.92. The molecule has 4 bridgehead atoms. The van der Waals surface area contributed by atoms with Crippen LogP contribution in [0.1, 0.15) is 13.3 Å². The predicted octanol–water partition coefficient (Wildman–Crippen LogP) is -0.989. The molecule has 6 atom stereocenters. The lowest BCUT2D eigenvalue weighted by atomic mass is 9.89. The van der Waals surface area contributed by atoms with Crippen LogP contribution in [0.15, 0.2) is 0 Å². The predicted molar refractivity (Wildman–Crippen MR) is 44.5 cm³/mol. The summed E-state index contributed by atoms with van der Waals surface area (Å²) in [6, 6.07) is 0. The molecule has 4 saturated heterocycles. The minimum absolute atomic E-state index is 0.269. The van der Waals surface area contributed by atoms with Gasteiger partial charge in [0.2, 0.25) is 0 Å². The summed E-state index contributed by atoms with van der Waals surface area (Å²) < 4.78 is 16.6. The molecule has 0 aliphatic carbocycles. The van der Waals surface area contributed by atoms with Gasteiger partial charge in [0, 0.05) is 6.42 Å². The average molecular weight is 202 g/mol. The molecule has 2 N–H and O–H groups in total. The number of aliphatic hydroxyl groups excluding tert-OH is 2. The summed E-state index contributed by atoms with van der Waals surface area (Å²) in [6.45, 7) is 2.15. The molecule has 0 spiro atoms. The molecular weight excluding hydrogens is 188 g/mol. The van der Waals surface area contributed by atoms with Crippen molar-refractivity contribution in [3.63, 3.8) is 0 Å². The highest BCUT2D eigenvalue weighted by atomic mass is 16.7. The van der Waals surface area contributed by atoms with E-state index in [1.54, 1.807) is 0 Å². The zero-order chi connectivity index (χ0) is 9.92. The summed E-state index contributed by atoms with van der Waals surface area (Å²) in [5, 5.41) is 19.6. The quantitative estimate of drug-likeness (QED) is 0.528. The van der Waals surface area contributed by atoms with E-state index in [0.29, 0.717) is 13.0 Å². The molecule has 4 aliphatic heterocycles. The smallest absolute Gasteiger partial charge is 0.168 e. The highest BCUT2D eigenvalue weighted by molar-refractivity contribution is 5.01. The van der Waals surface area contributed by atoms with Crippen molar-refractivity contribution < 1.29 is 24.4 Å². The maximum atomic E-state index is 9.80. The fraction of sp³-hybridized carbons (Fsp3) is 1.00. The molecule has 80 valence electrons. The Bertz CT molecular complexity index is 258. The van der Waals surface area contributed by atoms with E-state index in [4.69, 9.17) is 14.2 Å². The second-order valence-electron chi connectivity index (χ2n) is 4.43. The van der Waals surface area contributed by atoms with Crippen molar-refractivity contribution in [2.24, 2.45) is 0 Å². The monoisotopic (exact) mass is 202 g/mol. The second-order valence-corrected chi connectivity index (χ2v) is 4.43. The zero-order valence-electron chi connectivity index (χ0n) is 7.92. The molecule has 0 aromatic heterocycles. The molecule has 4 rings (SSSR count). The fourth-order valence-electron chi connectivity index (χ4n) is 2.51. The van der Waals surface area contributed by atoms with Crippen molar-refractivity contribution in [1.29, 1.82) is 0 Å². The van der Waals surface area contributed by atoms with Gasteiger partial charge in [-0.25, -0.2) is 0 Å². The van der Waals surface area contributed by atoms with Crippen LogP contribution < -0.4 is 0 Å². The normalized spacial score (nSPS) is 61.5. The maximum absolute atomic E-state index is 9.80. The van der Waals surface area contributed by atoms with Crippen molar-refractivity contribution in [2.75, 3.05) is 6.61 Å². The molecule has 5 nitrogen and oxygen atoms in total. The molecule has 4 aliphatic rings. The summed E-state index contributed by atoms with van der Waals surface area (Å²) in [5.41, 5.74) is 0. The molecule has 14 heavy (non-hydrogen) atoms. The lowest BCUT2D eigenvalue weighted by Crippen LogP contribution is -2.63. The van der Waals surface area contributed by atoms with Crippen molar-refractivity contribution in [1.82, 2.24) is 0 Å². The van der Waals surface area contributed by atoms with Gasteiger partial charge in [-0.15, -0.1) is 0 Å². The molecular formula is C9H14O5. The number of ether oxygens (including phenoxy) is 3. The van der Waals surface area contributed by atoms with Crippen LogP contribution in [0.5, 0.6) is 0 Å². The number of hydrogen-bond donors (Lipinski definition) is 2. The SMILES string of the molecule is CC12C[C@@H]3O[C@H](CO1)[C@H](O)[C@H](O2)[C@H]3O. The van der Waals surface area contributed by atoms with Gasteiger partial charge < -0.3 is 24.4 Å². The summed E-state index contributed by atoms with van der Waals surface area (Å²) in [4.78, 5) is 0. The van der Waals surface area contributed by atoms with Gasteiger partial charge in [0.15, 0.2) is 5.79 Å². The number of hydrogen-bond acceptors (Lipinski definition) is 5. The number of rotatable bonds is 0. The third-order valence-electron chi connectivity index (χ3n) is 3.29. The Kier molecular flexibility index (Phi) is 1.73. The van der Waals surface area contributed by atoms with Gasteiger partial charge in [-0.05, 0) is 6.92 Å². The van der Waals surface area contributed by atoms with Gasteiger partial charge in [-0.1, -0.05) is 0 Å². The lowest BCUT2D eigenvalue weighted by Gasteiger charge is -2.47. The van der Waals surface area contributed by atoms with Crippen LogP contribution in [-0.4, -0.2) is 53.1 Å². The van der Waals surface area contributed by atoms with E-state index in [0.717, 1.165) is 0 Å². The van der Waals surface area contributed by atoms with E-state index in [1.807, 2.05) is 6.92 Å². The van der Waals surface area contributed by atoms with Crippen LogP contribution in [0.25, 0.3) is 0 Å². The molecule has 5 heteroatoms. The Labute approximate surface area is 81.6 Å². The molecule has 4 heterocycles. The molecule has 0 aromatic rings. The molecule has 1 unspecified atom stereocenters. The Balaban J connectivity index is 1.99. The third-order valence-corrected chi connectivity index (χ3v) is 3.29. The van der Waals surface area contributed by atoms with E-state index < -0.39 is 24.1 Å². The number of fused-ring (bicyclic) bond motifs is 1. The summed E-state index contributed by atoms with van der Waals surface area (Å²) in [5.74, 6) is -0.708. The summed E-state index contributed by atoms with van der Waals surface area (Å²) in [6.07, 6.45) is -2.21. The second kappa shape index (κ2) is 2.68. The van der Waals surface area contributed by atoms with Crippen LogP contribution in [0.2, 0.25) is 0 Å². The first-order valence-corrected chi connectivity index (χ1v) is 4.92. The molecule has 0 radical (unpaired) electrons. The van der Waals surface area contributed by atoms with Gasteiger partial charge in [0.25, 0.3) is 0 Å². The fourth-order valence-corrected chi connectivity index (χ4v) is 2.51. The minimum Gasteiger partial charge on any atom is -0.388 e. The van der Waals surface area contributed by atoms with Gasteiger partial charge >= 0.3 is 0 Å². The largest absolute Gasteiger partial charge is 0.388 e. The average Bonchev–Trinajstić information content (AvgIpc) is 2.33. The van der Waals surface area contributed by atoms with E-state index in [-0.39, 0.29) is 12.2 Å². The van der Waals surface area contributed by atoms with E-state index >= 15 is 0 Å². The van der Waals surface area contributed by atoms with Crippen LogP contribution in [0.4, 0.5) is 0 Å². The summed E-state index contributed by atoms with van der Waals surface area (Å²) in [7, 11) is 0. The standard InChI is InChI=1S/C9H14O5/c1-9-2-4-6(10)8(14-9)7(11)5(13-4)3-12-9/h4-8,10-11H,2-3H2,1H3/t4-,5+,6-,7-,8+,9?/m0/s1. The molecule has 4 fully saturated rings. The third kappa shape index (κ3) is 1.07. The Morgan fingerprint density at radius 1 is 1.21 bits per heavy atom. The Morgan fingerprint density at radius 2 is 1.93 bits per heavy atom. The first-order chi connectivity index (χ1) is 6.59. The van der Waals surface area contributed by atoms with Gasteiger partial charge in [0.05, 0.1) is 12.7 Å². The molecule has 0 aromatic carbocycles. The summed E-state index contributed by atoms with van der Waals surface area (Å²) >= 11 is 0. The van der Waals surface area contributed by atoms with E-state index in [1.165, 1.54) is 0 Å². The molecule has 0 amide bonds. The van der Waals surface area contributed by atoms with Crippen molar-refractivity contribution >= 4 is 0 Å². The number of aliphatic hydroxyl groups is 2. The molecule has 0 saturated carbocycles. The van der Waals surface area contributed by atoms with Crippen LogP contribution in [0.3, 0.4) is 0 Å². The Morgan fingerprint density at radius 3 is 2.71 bits per heavy atom. The van der Waals surface area contributed by atoms with Crippen LogP contribution in [-0.2, 0) is 14.2 Å².